The summed E-state index contributed by atoms with van der Waals surface area (Å²) in [5.74, 6) is -0.409. The molecule has 0 atom stereocenters. The maximum Gasteiger partial charge on any atom is 0.414 e. The third-order valence-corrected chi connectivity index (χ3v) is 3.81. The Labute approximate surface area is 156 Å². The Morgan fingerprint density at radius 1 is 1.11 bits per heavy atom. The lowest BCUT2D eigenvalue weighted by Gasteiger charge is -2.14. The van der Waals surface area contributed by atoms with Crippen molar-refractivity contribution in [1.82, 2.24) is 5.32 Å². The molecule has 1 heterocycles. The molecule has 0 saturated carbocycles. The molecule has 3 amide bonds. The number of nitrogens with one attached hydrogen (secondary N) is 2. The number of anilines is 2. The predicted molar refractivity (Wildman–Crippen MR) is 98.4 cm³/mol. The number of cyclic esters (lactones) is 1. The van der Waals surface area contributed by atoms with Gasteiger partial charge in [-0.3, -0.25) is 9.69 Å². The standard InChI is InChI=1S/C19H19N3O5/c23-17(12-20-18(24)27-13-14-5-2-1-3-6-14)21-15-7-4-8-16(11-15)22-9-10-26-19(22)25/h1-8,11H,9-10,12-13H2,(H,20,24)(H,21,23). The summed E-state index contributed by atoms with van der Waals surface area (Å²) in [4.78, 5) is 36.8. The van der Waals surface area contributed by atoms with Crippen LogP contribution in [0.25, 0.3) is 0 Å². The molecule has 1 aliphatic rings. The molecule has 2 aromatic carbocycles. The highest BCUT2D eigenvalue weighted by Gasteiger charge is 2.23. The minimum Gasteiger partial charge on any atom is -0.447 e. The quantitative estimate of drug-likeness (QED) is 0.815. The molecule has 1 aliphatic heterocycles. The van der Waals surface area contributed by atoms with Crippen LogP contribution < -0.4 is 15.5 Å². The Morgan fingerprint density at radius 2 is 1.93 bits per heavy atom. The minimum atomic E-state index is -0.678. The van der Waals surface area contributed by atoms with Gasteiger partial charge in [0, 0.05) is 11.4 Å². The molecular formula is C19H19N3O5. The number of carbonyl (C=O) groups excluding carboxylic acids is 3. The third-order valence-electron chi connectivity index (χ3n) is 3.81. The molecule has 0 bridgehead atoms. The molecule has 0 aliphatic carbocycles. The zero-order valence-corrected chi connectivity index (χ0v) is 14.5. The molecule has 1 saturated heterocycles. The van der Waals surface area contributed by atoms with E-state index in [0.29, 0.717) is 24.5 Å². The van der Waals surface area contributed by atoms with Crippen molar-refractivity contribution in [3.63, 3.8) is 0 Å². The first kappa shape index (κ1) is 18.2. The molecule has 8 heteroatoms. The molecule has 27 heavy (non-hydrogen) atoms. The van der Waals surface area contributed by atoms with E-state index >= 15 is 0 Å². The number of ether oxygens (including phenoxy) is 2. The van der Waals surface area contributed by atoms with Crippen molar-refractivity contribution in [2.24, 2.45) is 0 Å². The SMILES string of the molecule is O=C(CNC(=O)OCc1ccccc1)Nc1cccc(N2CCOC2=O)c1. The summed E-state index contributed by atoms with van der Waals surface area (Å²) < 4.78 is 9.94. The van der Waals surface area contributed by atoms with Crippen LogP contribution in [0.3, 0.4) is 0 Å². The highest BCUT2D eigenvalue weighted by atomic mass is 16.6. The Bertz CT molecular complexity index is 825. The average Bonchev–Trinajstić information content (AvgIpc) is 3.12. The molecular weight excluding hydrogens is 350 g/mol. The fourth-order valence-corrected chi connectivity index (χ4v) is 2.51. The van der Waals surface area contributed by atoms with E-state index in [0.717, 1.165) is 5.56 Å². The molecule has 0 aromatic heterocycles. The predicted octanol–water partition coefficient (Wildman–Crippen LogP) is 2.51. The fraction of sp³-hybridized carbons (Fsp3) is 0.211. The van der Waals surface area contributed by atoms with E-state index in [-0.39, 0.29) is 13.2 Å². The molecule has 3 rings (SSSR count). The first-order valence-corrected chi connectivity index (χ1v) is 8.40. The number of amides is 3. The van der Waals surface area contributed by atoms with Crippen LogP contribution in [0.15, 0.2) is 54.6 Å². The Balaban J connectivity index is 1.45. The summed E-state index contributed by atoms with van der Waals surface area (Å²) in [6.45, 7) is 0.696. The smallest absolute Gasteiger partial charge is 0.414 e. The molecule has 2 N–H and O–H groups in total. The minimum absolute atomic E-state index is 0.127. The van der Waals surface area contributed by atoms with Crippen LogP contribution in [-0.2, 0) is 20.9 Å². The number of hydrogen-bond acceptors (Lipinski definition) is 5. The normalized spacial score (nSPS) is 13.0. The largest absolute Gasteiger partial charge is 0.447 e. The van der Waals surface area contributed by atoms with E-state index in [9.17, 15) is 14.4 Å². The van der Waals surface area contributed by atoms with Crippen molar-refractivity contribution in [3.05, 3.63) is 60.2 Å². The first-order chi connectivity index (χ1) is 13.1. The van der Waals surface area contributed by atoms with E-state index in [1.54, 1.807) is 24.3 Å². The summed E-state index contributed by atoms with van der Waals surface area (Å²) in [5, 5.41) is 5.05. The van der Waals surface area contributed by atoms with Crippen molar-refractivity contribution in [2.75, 3.05) is 29.9 Å². The van der Waals surface area contributed by atoms with Gasteiger partial charge in [-0.1, -0.05) is 36.4 Å². The Morgan fingerprint density at radius 3 is 2.67 bits per heavy atom. The van der Waals surface area contributed by atoms with Gasteiger partial charge < -0.3 is 20.1 Å². The van der Waals surface area contributed by atoms with Gasteiger partial charge in [0.1, 0.15) is 19.8 Å². The van der Waals surface area contributed by atoms with E-state index < -0.39 is 18.1 Å². The lowest BCUT2D eigenvalue weighted by atomic mass is 10.2. The van der Waals surface area contributed by atoms with Crippen LogP contribution >= 0.6 is 0 Å². The van der Waals surface area contributed by atoms with Crippen molar-refractivity contribution in [3.8, 4) is 0 Å². The van der Waals surface area contributed by atoms with Gasteiger partial charge in [-0.05, 0) is 23.8 Å². The second-order valence-electron chi connectivity index (χ2n) is 5.78. The zero-order chi connectivity index (χ0) is 19.1. The fourth-order valence-electron chi connectivity index (χ4n) is 2.51. The molecule has 140 valence electrons. The number of rotatable bonds is 6. The van der Waals surface area contributed by atoms with Gasteiger partial charge in [0.05, 0.1) is 6.54 Å². The van der Waals surface area contributed by atoms with Crippen molar-refractivity contribution >= 4 is 29.5 Å². The van der Waals surface area contributed by atoms with Crippen LogP contribution in [0.4, 0.5) is 21.0 Å². The maximum atomic E-state index is 12.0. The van der Waals surface area contributed by atoms with Crippen molar-refractivity contribution in [1.29, 1.82) is 0 Å². The third kappa shape index (κ3) is 5.21. The van der Waals surface area contributed by atoms with Crippen LogP contribution in [0, 0.1) is 0 Å². The molecule has 2 aromatic rings. The van der Waals surface area contributed by atoms with Crippen molar-refractivity contribution in [2.45, 2.75) is 6.61 Å². The van der Waals surface area contributed by atoms with Crippen LogP contribution in [0.5, 0.6) is 0 Å². The Kier molecular flexibility index (Phi) is 5.88. The van der Waals surface area contributed by atoms with E-state index in [1.807, 2.05) is 30.3 Å². The van der Waals surface area contributed by atoms with Gasteiger partial charge in [0.25, 0.3) is 0 Å². The summed E-state index contributed by atoms with van der Waals surface area (Å²) in [6, 6.07) is 16.1. The van der Waals surface area contributed by atoms with Gasteiger partial charge in [-0.25, -0.2) is 9.59 Å². The van der Waals surface area contributed by atoms with Crippen LogP contribution in [0.2, 0.25) is 0 Å². The van der Waals surface area contributed by atoms with Crippen molar-refractivity contribution < 1.29 is 23.9 Å². The zero-order valence-electron chi connectivity index (χ0n) is 14.5. The van der Waals surface area contributed by atoms with Crippen LogP contribution in [-0.4, -0.2) is 37.8 Å². The van der Waals surface area contributed by atoms with Gasteiger partial charge in [-0.2, -0.15) is 0 Å². The Hall–Kier alpha value is -3.55. The van der Waals surface area contributed by atoms with E-state index in [2.05, 4.69) is 10.6 Å². The number of alkyl carbamates (subject to hydrolysis) is 1. The highest BCUT2D eigenvalue weighted by molar-refractivity contribution is 5.95. The lowest BCUT2D eigenvalue weighted by Crippen LogP contribution is -2.33. The van der Waals surface area contributed by atoms with Gasteiger partial charge in [0.15, 0.2) is 0 Å². The second-order valence-corrected chi connectivity index (χ2v) is 5.78. The maximum absolute atomic E-state index is 12.0. The molecule has 0 spiro atoms. The molecule has 0 unspecified atom stereocenters. The van der Waals surface area contributed by atoms with Gasteiger partial charge >= 0.3 is 12.2 Å². The summed E-state index contributed by atoms with van der Waals surface area (Å²) in [6.07, 6.45) is -1.09. The topological polar surface area (TPSA) is 97.0 Å². The van der Waals surface area contributed by atoms with Crippen LogP contribution in [0.1, 0.15) is 5.56 Å². The lowest BCUT2D eigenvalue weighted by molar-refractivity contribution is -0.115. The summed E-state index contributed by atoms with van der Waals surface area (Å²) in [7, 11) is 0. The first-order valence-electron chi connectivity index (χ1n) is 8.40. The number of hydrogen-bond donors (Lipinski definition) is 2. The molecule has 0 radical (unpaired) electrons. The van der Waals surface area contributed by atoms with E-state index in [4.69, 9.17) is 9.47 Å². The number of nitrogens with zero attached hydrogens (tertiary/aromatic N) is 1. The average molecular weight is 369 g/mol. The second kappa shape index (κ2) is 8.70. The monoisotopic (exact) mass is 369 g/mol. The molecule has 1 fully saturated rings. The molecule has 8 nitrogen and oxygen atoms in total. The van der Waals surface area contributed by atoms with E-state index in [1.165, 1.54) is 4.90 Å². The van der Waals surface area contributed by atoms with Gasteiger partial charge in [0.2, 0.25) is 5.91 Å². The highest BCUT2D eigenvalue weighted by Crippen LogP contribution is 2.22. The van der Waals surface area contributed by atoms with Gasteiger partial charge in [-0.15, -0.1) is 0 Å². The number of benzene rings is 2. The summed E-state index contributed by atoms with van der Waals surface area (Å²) in [5.41, 5.74) is 2.00. The number of carbonyl (C=O) groups is 3. The summed E-state index contributed by atoms with van der Waals surface area (Å²) >= 11 is 0.